The van der Waals surface area contributed by atoms with Crippen molar-refractivity contribution in [1.82, 2.24) is 15.1 Å². The summed E-state index contributed by atoms with van der Waals surface area (Å²) < 4.78 is 0. The molecule has 2 aliphatic rings. The Bertz CT molecular complexity index is 1120. The van der Waals surface area contributed by atoms with E-state index in [2.05, 4.69) is 5.32 Å². The van der Waals surface area contributed by atoms with Crippen molar-refractivity contribution in [1.29, 1.82) is 5.41 Å². The van der Waals surface area contributed by atoms with Crippen LogP contribution in [0.4, 0.5) is 5.69 Å². The SMILES string of the molecule is CC(=N)N(C)C1CCN(C(=S)NC2N=C(c3ccccc3)c3cc(Cl)ccc3N(C)C2=O)C1. The fraction of sp³-hybridized carbons (Fsp3) is 0.333. The maximum Gasteiger partial charge on any atom is 0.272 e. The van der Waals surface area contributed by atoms with E-state index in [0.29, 0.717) is 28.2 Å². The van der Waals surface area contributed by atoms with Crippen molar-refractivity contribution in [3.63, 3.8) is 0 Å². The van der Waals surface area contributed by atoms with Gasteiger partial charge in [-0.2, -0.15) is 0 Å². The van der Waals surface area contributed by atoms with Gasteiger partial charge in [0, 0.05) is 49.4 Å². The standard InChI is InChI=1S/C24H27ClN6OS/c1-15(26)29(2)18-11-12-31(14-18)24(33)28-22-23(32)30(3)20-10-9-17(25)13-19(20)21(27-22)16-7-5-4-6-8-16/h4-10,13,18,22,26H,11-12,14H2,1-3H3,(H,28,33). The summed E-state index contributed by atoms with van der Waals surface area (Å²) in [4.78, 5) is 23.8. The number of benzodiazepines with no additional fused rings is 1. The van der Waals surface area contributed by atoms with E-state index in [9.17, 15) is 4.79 Å². The van der Waals surface area contributed by atoms with Crippen molar-refractivity contribution in [3.05, 3.63) is 64.7 Å². The van der Waals surface area contributed by atoms with Crippen LogP contribution in [0.5, 0.6) is 0 Å². The zero-order valence-corrected chi connectivity index (χ0v) is 20.5. The number of amides is 1. The molecule has 0 aliphatic carbocycles. The molecule has 172 valence electrons. The Morgan fingerprint density at radius 2 is 2.00 bits per heavy atom. The Morgan fingerprint density at radius 1 is 1.27 bits per heavy atom. The third-order valence-electron chi connectivity index (χ3n) is 6.23. The maximum atomic E-state index is 13.4. The molecule has 2 unspecified atom stereocenters. The molecule has 1 fully saturated rings. The van der Waals surface area contributed by atoms with Gasteiger partial charge in [0.1, 0.15) is 0 Å². The predicted octanol–water partition coefficient (Wildman–Crippen LogP) is 3.36. The summed E-state index contributed by atoms with van der Waals surface area (Å²) >= 11 is 12.0. The van der Waals surface area contributed by atoms with E-state index in [4.69, 9.17) is 34.2 Å². The number of thiocarbonyl (C=S) groups is 1. The average Bonchev–Trinajstić information content (AvgIpc) is 3.28. The van der Waals surface area contributed by atoms with Gasteiger partial charge in [0.2, 0.25) is 6.17 Å². The topological polar surface area (TPSA) is 75.0 Å². The van der Waals surface area contributed by atoms with Crippen LogP contribution in [-0.2, 0) is 4.79 Å². The van der Waals surface area contributed by atoms with Crippen LogP contribution in [0.25, 0.3) is 0 Å². The third kappa shape index (κ3) is 4.72. The van der Waals surface area contributed by atoms with Gasteiger partial charge < -0.3 is 20.0 Å². The van der Waals surface area contributed by atoms with Gasteiger partial charge in [-0.05, 0) is 43.8 Å². The van der Waals surface area contributed by atoms with E-state index < -0.39 is 6.17 Å². The van der Waals surface area contributed by atoms with Gasteiger partial charge in [-0.1, -0.05) is 41.9 Å². The number of fused-ring (bicyclic) bond motifs is 1. The molecule has 9 heteroatoms. The summed E-state index contributed by atoms with van der Waals surface area (Å²) in [6, 6.07) is 15.4. The molecule has 0 spiro atoms. The number of rotatable bonds is 3. The largest absolute Gasteiger partial charge is 0.359 e. The number of amidine groups is 1. The number of carbonyl (C=O) groups excluding carboxylic acids is 1. The predicted molar refractivity (Wildman–Crippen MR) is 138 cm³/mol. The molecule has 0 radical (unpaired) electrons. The molecule has 2 aliphatic heterocycles. The number of likely N-dealkylation sites (tertiary alicyclic amines) is 1. The van der Waals surface area contributed by atoms with E-state index >= 15 is 0 Å². The zero-order chi connectivity index (χ0) is 23.7. The van der Waals surface area contributed by atoms with Crippen LogP contribution in [-0.4, -0.2) is 71.8 Å². The second-order valence-electron chi connectivity index (χ2n) is 8.34. The summed E-state index contributed by atoms with van der Waals surface area (Å²) in [5, 5.41) is 12.1. The lowest BCUT2D eigenvalue weighted by Crippen LogP contribution is -2.50. The molecule has 2 aromatic carbocycles. The highest BCUT2D eigenvalue weighted by Crippen LogP contribution is 2.30. The maximum absolute atomic E-state index is 13.4. The minimum Gasteiger partial charge on any atom is -0.359 e. The van der Waals surface area contributed by atoms with Crippen LogP contribution < -0.4 is 10.2 Å². The lowest BCUT2D eigenvalue weighted by molar-refractivity contribution is -0.119. The van der Waals surface area contributed by atoms with Crippen LogP contribution in [0.3, 0.4) is 0 Å². The molecule has 2 atom stereocenters. The Labute approximate surface area is 204 Å². The summed E-state index contributed by atoms with van der Waals surface area (Å²) in [6.45, 7) is 3.24. The molecular weight excluding hydrogens is 456 g/mol. The molecule has 2 aromatic rings. The molecule has 7 nitrogen and oxygen atoms in total. The summed E-state index contributed by atoms with van der Waals surface area (Å²) in [7, 11) is 3.67. The molecular formula is C24H27ClN6OS. The highest BCUT2D eigenvalue weighted by atomic mass is 35.5. The quantitative estimate of drug-likeness (QED) is 0.398. The number of benzene rings is 2. The average molecular weight is 483 g/mol. The normalized spacial score (nSPS) is 20.1. The number of anilines is 1. The van der Waals surface area contributed by atoms with Gasteiger partial charge in [-0.25, -0.2) is 4.99 Å². The van der Waals surface area contributed by atoms with Crippen LogP contribution in [0.2, 0.25) is 5.02 Å². The van der Waals surface area contributed by atoms with Gasteiger partial charge >= 0.3 is 0 Å². The minimum atomic E-state index is -0.870. The van der Waals surface area contributed by atoms with E-state index in [0.717, 1.165) is 29.8 Å². The lowest BCUT2D eigenvalue weighted by Gasteiger charge is -2.27. The second kappa shape index (κ2) is 9.49. The molecule has 2 N–H and O–H groups in total. The number of nitrogens with zero attached hydrogens (tertiary/aromatic N) is 4. The lowest BCUT2D eigenvalue weighted by atomic mass is 10.0. The van der Waals surface area contributed by atoms with Crippen LogP contribution in [0, 0.1) is 5.41 Å². The Hall–Kier alpha value is -2.97. The van der Waals surface area contributed by atoms with Gasteiger partial charge in [-0.15, -0.1) is 0 Å². The number of aliphatic imine (C=N–C) groups is 1. The molecule has 0 saturated carbocycles. The zero-order valence-electron chi connectivity index (χ0n) is 18.9. The first kappa shape index (κ1) is 23.2. The van der Waals surface area contributed by atoms with Gasteiger partial charge in [0.05, 0.1) is 17.2 Å². The number of hydrogen-bond donors (Lipinski definition) is 2. The van der Waals surface area contributed by atoms with Crippen molar-refractivity contribution < 1.29 is 4.79 Å². The van der Waals surface area contributed by atoms with Crippen molar-refractivity contribution in [2.45, 2.75) is 25.6 Å². The Balaban J connectivity index is 1.64. The molecule has 1 amide bonds. The minimum absolute atomic E-state index is 0.199. The van der Waals surface area contributed by atoms with Crippen molar-refractivity contribution in [3.8, 4) is 0 Å². The molecule has 0 aromatic heterocycles. The van der Waals surface area contributed by atoms with Crippen LogP contribution in [0.1, 0.15) is 24.5 Å². The van der Waals surface area contributed by atoms with Gasteiger partial charge in [0.15, 0.2) is 5.11 Å². The van der Waals surface area contributed by atoms with E-state index in [1.807, 2.05) is 59.3 Å². The summed E-state index contributed by atoms with van der Waals surface area (Å²) in [5.74, 6) is 0.324. The van der Waals surface area contributed by atoms with Gasteiger partial charge in [-0.3, -0.25) is 10.2 Å². The van der Waals surface area contributed by atoms with E-state index in [1.54, 1.807) is 24.9 Å². The first-order chi connectivity index (χ1) is 15.8. The number of carbonyl (C=O) groups is 1. The smallest absolute Gasteiger partial charge is 0.272 e. The summed E-state index contributed by atoms with van der Waals surface area (Å²) in [5.41, 5.74) is 3.12. The van der Waals surface area contributed by atoms with E-state index in [1.165, 1.54) is 0 Å². The van der Waals surface area contributed by atoms with Crippen LogP contribution in [0.15, 0.2) is 53.5 Å². The highest BCUT2D eigenvalue weighted by molar-refractivity contribution is 7.80. The number of nitrogens with one attached hydrogen (secondary N) is 2. The fourth-order valence-corrected chi connectivity index (χ4v) is 4.64. The van der Waals surface area contributed by atoms with Crippen molar-refractivity contribution >= 4 is 52.1 Å². The Morgan fingerprint density at radius 3 is 2.70 bits per heavy atom. The first-order valence-electron chi connectivity index (χ1n) is 10.8. The number of likely N-dealkylation sites (N-methyl/N-ethyl adjacent to an activating group) is 2. The molecule has 33 heavy (non-hydrogen) atoms. The molecule has 0 bridgehead atoms. The van der Waals surface area contributed by atoms with Crippen molar-refractivity contribution in [2.75, 3.05) is 32.1 Å². The van der Waals surface area contributed by atoms with Crippen LogP contribution >= 0.6 is 23.8 Å². The first-order valence-corrected chi connectivity index (χ1v) is 11.6. The Kier molecular flexibility index (Phi) is 6.67. The molecule has 4 rings (SSSR count). The monoisotopic (exact) mass is 482 g/mol. The number of hydrogen-bond acceptors (Lipinski definition) is 4. The molecule has 1 saturated heterocycles. The van der Waals surface area contributed by atoms with Crippen molar-refractivity contribution in [2.24, 2.45) is 4.99 Å². The third-order valence-corrected chi connectivity index (χ3v) is 6.84. The fourth-order valence-electron chi connectivity index (χ4n) is 4.19. The van der Waals surface area contributed by atoms with E-state index in [-0.39, 0.29) is 11.9 Å². The second-order valence-corrected chi connectivity index (χ2v) is 9.16. The number of halogens is 1. The highest BCUT2D eigenvalue weighted by Gasteiger charge is 2.33. The summed E-state index contributed by atoms with van der Waals surface area (Å²) in [6.07, 6.45) is 0.0281. The van der Waals surface area contributed by atoms with Gasteiger partial charge in [0.25, 0.3) is 5.91 Å². The molecule has 2 heterocycles.